The van der Waals surface area contributed by atoms with Gasteiger partial charge < -0.3 is 35.8 Å². The Labute approximate surface area is 316 Å². The molecule has 0 saturated carbocycles. The number of fused-ring (bicyclic) bond motifs is 1. The topological polar surface area (TPSA) is 166 Å². The Morgan fingerprint density at radius 2 is 1.61 bits per heavy atom. The molecule has 3 atom stereocenters. The van der Waals surface area contributed by atoms with Crippen LogP contribution >= 0.6 is 0 Å². The van der Waals surface area contributed by atoms with E-state index in [0.717, 1.165) is 24.1 Å². The quantitative estimate of drug-likeness (QED) is 0.276. The Morgan fingerprint density at radius 3 is 2.35 bits per heavy atom. The number of hydrogen-bond acceptors (Lipinski definition) is 7. The second-order valence-electron chi connectivity index (χ2n) is 14.3. The molecule has 0 radical (unpaired) electrons. The summed E-state index contributed by atoms with van der Waals surface area (Å²) in [5, 5.41) is 11.5. The third-order valence-electron chi connectivity index (χ3n) is 9.42. The van der Waals surface area contributed by atoms with Crippen LogP contribution in [0.4, 0.5) is 0 Å². The van der Waals surface area contributed by atoms with Gasteiger partial charge in [0, 0.05) is 39.5 Å². The predicted octanol–water partition coefficient (Wildman–Crippen LogP) is 3.24. The molecule has 286 valence electrons. The first-order chi connectivity index (χ1) is 26.0. The molecule has 0 bridgehead atoms. The van der Waals surface area contributed by atoms with Gasteiger partial charge in [-0.15, -0.1) is 0 Å². The highest BCUT2D eigenvalue weighted by atomic mass is 16.5. The SMILES string of the molecule is CC(C)C[C@H]1COc2ccccc2C(=O)N[C@H](C(=O)NCc2cccc(CN3CCCC3=O)c2)CCC(=O)N[C@@H](c2ccccc2)C(=O)N(C)CC(=O)N1. The second-order valence-corrected chi connectivity index (χ2v) is 14.3. The van der Waals surface area contributed by atoms with Crippen molar-refractivity contribution < 1.29 is 33.5 Å². The van der Waals surface area contributed by atoms with E-state index < -0.39 is 47.7 Å². The van der Waals surface area contributed by atoms with Crippen LogP contribution in [-0.2, 0) is 37.1 Å². The third kappa shape index (κ3) is 11.1. The normalized spacial score (nSPS) is 20.6. The summed E-state index contributed by atoms with van der Waals surface area (Å²) in [7, 11) is 1.50. The molecule has 6 amide bonds. The van der Waals surface area contributed by atoms with E-state index in [9.17, 15) is 28.8 Å². The molecule has 13 heteroatoms. The van der Waals surface area contributed by atoms with E-state index >= 15 is 0 Å². The number of carbonyl (C=O) groups excluding carboxylic acids is 6. The third-order valence-corrected chi connectivity index (χ3v) is 9.42. The van der Waals surface area contributed by atoms with E-state index in [1.165, 1.54) is 11.9 Å². The lowest BCUT2D eigenvalue weighted by Gasteiger charge is -2.27. The highest BCUT2D eigenvalue weighted by molar-refractivity contribution is 6.00. The van der Waals surface area contributed by atoms with Crippen molar-refractivity contribution in [2.24, 2.45) is 5.92 Å². The maximum Gasteiger partial charge on any atom is 0.255 e. The molecule has 3 aromatic carbocycles. The number of ether oxygens (including phenoxy) is 1. The number of nitrogens with one attached hydrogen (secondary N) is 4. The van der Waals surface area contributed by atoms with Gasteiger partial charge in [-0.3, -0.25) is 28.8 Å². The summed E-state index contributed by atoms with van der Waals surface area (Å²) in [5.74, 6) is -1.89. The molecule has 1 fully saturated rings. The lowest BCUT2D eigenvalue weighted by atomic mass is 10.0. The summed E-state index contributed by atoms with van der Waals surface area (Å²) in [4.78, 5) is 83.3. The minimum absolute atomic E-state index is 0.0590. The number of likely N-dealkylation sites (tertiary alicyclic amines) is 1. The first-order valence-electron chi connectivity index (χ1n) is 18.5. The maximum atomic E-state index is 13.8. The van der Waals surface area contributed by atoms with Crippen LogP contribution in [0.2, 0.25) is 0 Å². The number of nitrogens with zero attached hydrogens (tertiary/aromatic N) is 2. The number of likely N-dealkylation sites (N-methyl/N-ethyl adjacent to an activating group) is 1. The summed E-state index contributed by atoms with van der Waals surface area (Å²) < 4.78 is 6.13. The van der Waals surface area contributed by atoms with Crippen molar-refractivity contribution in [1.29, 1.82) is 0 Å². The summed E-state index contributed by atoms with van der Waals surface area (Å²) in [5.41, 5.74) is 2.47. The van der Waals surface area contributed by atoms with Gasteiger partial charge in [0.2, 0.25) is 29.5 Å². The number of amides is 6. The molecule has 2 aliphatic rings. The minimum atomic E-state index is -1.12. The van der Waals surface area contributed by atoms with E-state index in [1.54, 1.807) is 54.6 Å². The van der Waals surface area contributed by atoms with Crippen molar-refractivity contribution in [2.45, 2.75) is 77.2 Å². The van der Waals surface area contributed by atoms with Crippen LogP contribution in [-0.4, -0.2) is 84.1 Å². The fourth-order valence-electron chi connectivity index (χ4n) is 6.68. The Kier molecular flexibility index (Phi) is 13.8. The molecule has 0 aliphatic carbocycles. The molecule has 0 spiro atoms. The molecule has 3 aromatic rings. The molecule has 1 saturated heterocycles. The zero-order valence-electron chi connectivity index (χ0n) is 31.1. The lowest BCUT2D eigenvalue weighted by molar-refractivity contribution is -0.138. The minimum Gasteiger partial charge on any atom is -0.491 e. The van der Waals surface area contributed by atoms with Gasteiger partial charge in [0.05, 0.1) is 18.2 Å². The lowest BCUT2D eigenvalue weighted by Crippen LogP contribution is -2.49. The molecular formula is C41H50N6O7. The van der Waals surface area contributed by atoms with Crippen LogP contribution < -0.4 is 26.0 Å². The highest BCUT2D eigenvalue weighted by Crippen LogP contribution is 2.21. The van der Waals surface area contributed by atoms with E-state index in [0.29, 0.717) is 24.9 Å². The Morgan fingerprint density at radius 1 is 0.870 bits per heavy atom. The highest BCUT2D eigenvalue weighted by Gasteiger charge is 2.30. The Hall–Kier alpha value is -5.72. The van der Waals surface area contributed by atoms with Crippen molar-refractivity contribution in [1.82, 2.24) is 31.1 Å². The standard InChI is InChI=1S/C41H50N6O7/c1-27(2)21-31-26-54-34-16-8-7-15-32(34)39(51)44-33(40(52)42-23-28-11-9-12-29(22-28)24-47-20-10-17-37(47)50)18-19-35(48)45-38(30-13-5-4-6-14-30)41(53)46(3)25-36(49)43-31/h4-9,11-16,22,27,31,33,38H,10,17-21,23-26H2,1-3H3,(H,42,52)(H,43,49)(H,44,51)(H,45,48)/t31-,33-,38-/m0/s1. The first kappa shape index (κ1) is 39.5. The average Bonchev–Trinajstić information content (AvgIpc) is 3.56. The zero-order chi connectivity index (χ0) is 38.6. The molecule has 4 N–H and O–H groups in total. The van der Waals surface area contributed by atoms with Gasteiger partial charge in [0.1, 0.15) is 24.4 Å². The smallest absolute Gasteiger partial charge is 0.255 e. The summed E-state index contributed by atoms with van der Waals surface area (Å²) in [6.45, 7) is 5.19. The van der Waals surface area contributed by atoms with E-state index in [1.807, 2.05) is 43.0 Å². The number of hydrogen-bond donors (Lipinski definition) is 4. The van der Waals surface area contributed by atoms with Gasteiger partial charge in [0.15, 0.2) is 0 Å². The van der Waals surface area contributed by atoms with E-state index in [-0.39, 0.29) is 55.7 Å². The molecule has 13 nitrogen and oxygen atoms in total. The molecule has 0 unspecified atom stereocenters. The van der Waals surface area contributed by atoms with E-state index in [2.05, 4.69) is 21.3 Å². The zero-order valence-corrected chi connectivity index (χ0v) is 31.1. The van der Waals surface area contributed by atoms with Crippen molar-refractivity contribution in [3.8, 4) is 5.75 Å². The molecule has 5 rings (SSSR count). The van der Waals surface area contributed by atoms with Gasteiger partial charge in [-0.25, -0.2) is 0 Å². The fraction of sp³-hybridized carbons (Fsp3) is 0.415. The Bertz CT molecular complexity index is 1820. The van der Waals surface area contributed by atoms with Crippen LogP contribution in [0.15, 0.2) is 78.9 Å². The van der Waals surface area contributed by atoms with Crippen LogP contribution in [0.25, 0.3) is 0 Å². The number of rotatable bonds is 8. The predicted molar refractivity (Wildman–Crippen MR) is 202 cm³/mol. The van der Waals surface area contributed by atoms with Crippen molar-refractivity contribution in [2.75, 3.05) is 26.7 Å². The number of benzene rings is 3. The largest absolute Gasteiger partial charge is 0.491 e. The van der Waals surface area contributed by atoms with Crippen LogP contribution in [0.5, 0.6) is 5.75 Å². The van der Waals surface area contributed by atoms with Gasteiger partial charge in [-0.2, -0.15) is 0 Å². The van der Waals surface area contributed by atoms with Crippen LogP contribution in [0.1, 0.15) is 79.0 Å². The van der Waals surface area contributed by atoms with Gasteiger partial charge in [-0.1, -0.05) is 80.6 Å². The molecule has 54 heavy (non-hydrogen) atoms. The first-order valence-corrected chi connectivity index (χ1v) is 18.5. The molecule has 2 aliphatic heterocycles. The van der Waals surface area contributed by atoms with Crippen molar-refractivity contribution in [3.63, 3.8) is 0 Å². The molecular weight excluding hydrogens is 688 g/mol. The molecule has 2 heterocycles. The van der Waals surface area contributed by atoms with Crippen LogP contribution in [0.3, 0.4) is 0 Å². The van der Waals surface area contributed by atoms with Crippen molar-refractivity contribution in [3.05, 3.63) is 101 Å². The summed E-state index contributed by atoms with van der Waals surface area (Å²) >= 11 is 0. The van der Waals surface area contributed by atoms with Gasteiger partial charge >= 0.3 is 0 Å². The fourth-order valence-corrected chi connectivity index (χ4v) is 6.68. The summed E-state index contributed by atoms with van der Waals surface area (Å²) in [6, 6.07) is 20.3. The van der Waals surface area contributed by atoms with Gasteiger partial charge in [0.25, 0.3) is 5.91 Å². The number of para-hydroxylation sites is 1. The van der Waals surface area contributed by atoms with E-state index in [4.69, 9.17) is 4.74 Å². The van der Waals surface area contributed by atoms with Crippen LogP contribution in [0, 0.1) is 5.92 Å². The summed E-state index contributed by atoms with van der Waals surface area (Å²) in [6.07, 6.45) is 1.69. The molecule has 0 aromatic heterocycles. The Balaban J connectivity index is 1.39. The maximum absolute atomic E-state index is 13.8. The average molecular weight is 739 g/mol. The van der Waals surface area contributed by atoms with Crippen molar-refractivity contribution >= 4 is 35.4 Å². The number of carbonyl (C=O) groups is 6. The monoisotopic (exact) mass is 738 g/mol. The van der Waals surface area contributed by atoms with Gasteiger partial charge in [-0.05, 0) is 54.0 Å². The second kappa shape index (κ2) is 18.9.